The number of nitrogens with one attached hydrogen (secondary N) is 1. The predicted octanol–water partition coefficient (Wildman–Crippen LogP) is 4.14. The topological polar surface area (TPSA) is 21.3 Å². The Morgan fingerprint density at radius 3 is 2.33 bits per heavy atom. The molecule has 1 N–H and O–H groups in total. The first-order chi connectivity index (χ1) is 10.2. The predicted molar refractivity (Wildman–Crippen MR) is 80.3 cm³/mol. The van der Waals surface area contributed by atoms with Gasteiger partial charge in [-0.2, -0.15) is 0 Å². The summed E-state index contributed by atoms with van der Waals surface area (Å²) in [5.74, 6) is -0.197. The van der Waals surface area contributed by atoms with Crippen LogP contribution < -0.4 is 10.1 Å². The standard InChI is InChI=1S/C17H19F2NO/c1-3-8-20-11-12-4-5-13(18)9-15(12)16-10-14(19)6-7-17(16)21-2/h4-7,9-10,20H,3,8,11H2,1-2H3. The molecular formula is C17H19F2NO. The summed E-state index contributed by atoms with van der Waals surface area (Å²) in [5, 5.41) is 3.28. The zero-order valence-electron chi connectivity index (χ0n) is 12.2. The molecule has 0 aliphatic carbocycles. The van der Waals surface area contributed by atoms with Gasteiger partial charge in [-0.05, 0) is 54.4 Å². The zero-order chi connectivity index (χ0) is 15.2. The Labute approximate surface area is 123 Å². The molecule has 4 heteroatoms. The molecule has 112 valence electrons. The maximum absolute atomic E-state index is 13.6. The summed E-state index contributed by atoms with van der Waals surface area (Å²) in [6.45, 7) is 3.55. The lowest BCUT2D eigenvalue weighted by Gasteiger charge is -2.14. The number of ether oxygens (including phenoxy) is 1. The summed E-state index contributed by atoms with van der Waals surface area (Å²) in [4.78, 5) is 0. The molecule has 0 unspecified atom stereocenters. The minimum Gasteiger partial charge on any atom is -0.496 e. The molecule has 2 rings (SSSR count). The molecule has 0 heterocycles. The van der Waals surface area contributed by atoms with Crippen LogP contribution >= 0.6 is 0 Å². The summed E-state index contributed by atoms with van der Waals surface area (Å²) >= 11 is 0. The molecule has 0 aliphatic rings. The van der Waals surface area contributed by atoms with E-state index < -0.39 is 0 Å². The van der Waals surface area contributed by atoms with Gasteiger partial charge in [0.15, 0.2) is 0 Å². The Balaban J connectivity index is 2.46. The lowest BCUT2D eigenvalue weighted by molar-refractivity contribution is 0.415. The first-order valence-corrected chi connectivity index (χ1v) is 6.98. The van der Waals surface area contributed by atoms with E-state index in [1.807, 2.05) is 0 Å². The highest BCUT2D eigenvalue weighted by Gasteiger charge is 2.12. The average molecular weight is 291 g/mol. The fourth-order valence-electron chi connectivity index (χ4n) is 2.24. The van der Waals surface area contributed by atoms with Crippen molar-refractivity contribution in [2.45, 2.75) is 19.9 Å². The van der Waals surface area contributed by atoms with Crippen molar-refractivity contribution in [3.63, 3.8) is 0 Å². The molecule has 21 heavy (non-hydrogen) atoms. The third-order valence-electron chi connectivity index (χ3n) is 3.27. The molecule has 0 aliphatic heterocycles. The molecule has 0 bridgehead atoms. The van der Waals surface area contributed by atoms with E-state index in [1.165, 1.54) is 31.4 Å². The molecule has 2 aromatic rings. The van der Waals surface area contributed by atoms with E-state index in [1.54, 1.807) is 12.1 Å². The normalized spacial score (nSPS) is 10.7. The van der Waals surface area contributed by atoms with Crippen LogP contribution in [0.5, 0.6) is 5.75 Å². The molecule has 0 radical (unpaired) electrons. The molecule has 2 aromatic carbocycles. The average Bonchev–Trinajstić information content (AvgIpc) is 2.49. The minimum absolute atomic E-state index is 0.351. The van der Waals surface area contributed by atoms with Crippen LogP contribution in [0.1, 0.15) is 18.9 Å². The molecule has 0 fully saturated rings. The lowest BCUT2D eigenvalue weighted by atomic mass is 9.98. The van der Waals surface area contributed by atoms with E-state index >= 15 is 0 Å². The van der Waals surface area contributed by atoms with Crippen molar-refractivity contribution in [2.24, 2.45) is 0 Å². The summed E-state index contributed by atoms with van der Waals surface area (Å²) in [6, 6.07) is 8.81. The zero-order valence-corrected chi connectivity index (χ0v) is 12.2. The molecule has 0 atom stereocenters. The van der Waals surface area contributed by atoms with Gasteiger partial charge in [0.05, 0.1) is 7.11 Å². The number of methoxy groups -OCH3 is 1. The third kappa shape index (κ3) is 3.79. The molecule has 0 saturated carbocycles. The molecular weight excluding hydrogens is 272 g/mol. The van der Waals surface area contributed by atoms with Gasteiger partial charge in [-0.3, -0.25) is 0 Å². The summed E-state index contributed by atoms with van der Waals surface area (Å²) in [5.41, 5.74) is 2.12. The number of benzene rings is 2. The Morgan fingerprint density at radius 2 is 1.67 bits per heavy atom. The van der Waals surface area contributed by atoms with Gasteiger partial charge >= 0.3 is 0 Å². The van der Waals surface area contributed by atoms with E-state index in [-0.39, 0.29) is 11.6 Å². The van der Waals surface area contributed by atoms with Crippen molar-refractivity contribution in [3.8, 4) is 16.9 Å². The van der Waals surface area contributed by atoms with Gasteiger partial charge in [0.2, 0.25) is 0 Å². The lowest BCUT2D eigenvalue weighted by Crippen LogP contribution is -2.14. The van der Waals surface area contributed by atoms with Crippen LogP contribution in [-0.2, 0) is 6.54 Å². The van der Waals surface area contributed by atoms with Gasteiger partial charge < -0.3 is 10.1 Å². The highest BCUT2D eigenvalue weighted by molar-refractivity contribution is 5.73. The van der Waals surface area contributed by atoms with Crippen molar-refractivity contribution < 1.29 is 13.5 Å². The van der Waals surface area contributed by atoms with Crippen molar-refractivity contribution in [3.05, 3.63) is 53.6 Å². The van der Waals surface area contributed by atoms with E-state index in [0.717, 1.165) is 18.5 Å². The van der Waals surface area contributed by atoms with Crippen LogP contribution in [-0.4, -0.2) is 13.7 Å². The number of rotatable bonds is 6. The monoisotopic (exact) mass is 291 g/mol. The molecule has 2 nitrogen and oxygen atoms in total. The van der Waals surface area contributed by atoms with Crippen molar-refractivity contribution >= 4 is 0 Å². The maximum atomic E-state index is 13.6. The van der Waals surface area contributed by atoms with Gasteiger partial charge in [0.25, 0.3) is 0 Å². The first-order valence-electron chi connectivity index (χ1n) is 6.98. The Hall–Kier alpha value is -1.94. The Kier molecular flexibility index (Phi) is 5.28. The second-order valence-electron chi connectivity index (χ2n) is 4.82. The van der Waals surface area contributed by atoms with Crippen LogP contribution in [0.2, 0.25) is 0 Å². The smallest absolute Gasteiger partial charge is 0.126 e. The summed E-state index contributed by atoms with van der Waals surface area (Å²) in [6.07, 6.45) is 1.01. The van der Waals surface area contributed by atoms with Crippen LogP contribution in [0.15, 0.2) is 36.4 Å². The van der Waals surface area contributed by atoms with Crippen LogP contribution in [0.4, 0.5) is 8.78 Å². The second-order valence-corrected chi connectivity index (χ2v) is 4.82. The summed E-state index contributed by atoms with van der Waals surface area (Å²) < 4.78 is 32.4. The SMILES string of the molecule is CCCNCc1ccc(F)cc1-c1cc(F)ccc1OC. The van der Waals surface area contributed by atoms with Crippen molar-refractivity contribution in [2.75, 3.05) is 13.7 Å². The maximum Gasteiger partial charge on any atom is 0.126 e. The number of hydrogen-bond acceptors (Lipinski definition) is 2. The largest absolute Gasteiger partial charge is 0.496 e. The molecule has 0 spiro atoms. The Bertz CT molecular complexity index is 614. The number of halogens is 2. The van der Waals surface area contributed by atoms with Gasteiger partial charge in [-0.1, -0.05) is 13.0 Å². The number of hydrogen-bond donors (Lipinski definition) is 1. The van der Waals surface area contributed by atoms with Crippen molar-refractivity contribution in [1.82, 2.24) is 5.32 Å². The third-order valence-corrected chi connectivity index (χ3v) is 3.27. The quantitative estimate of drug-likeness (QED) is 0.808. The highest BCUT2D eigenvalue weighted by Crippen LogP contribution is 2.33. The Morgan fingerprint density at radius 1 is 1.00 bits per heavy atom. The minimum atomic E-state index is -0.373. The van der Waals surface area contributed by atoms with Crippen LogP contribution in [0.25, 0.3) is 11.1 Å². The van der Waals surface area contributed by atoms with Gasteiger partial charge in [0, 0.05) is 12.1 Å². The van der Waals surface area contributed by atoms with Gasteiger partial charge in [0.1, 0.15) is 17.4 Å². The van der Waals surface area contributed by atoms with Gasteiger partial charge in [-0.15, -0.1) is 0 Å². The highest BCUT2D eigenvalue weighted by atomic mass is 19.1. The van der Waals surface area contributed by atoms with Gasteiger partial charge in [-0.25, -0.2) is 8.78 Å². The fraction of sp³-hybridized carbons (Fsp3) is 0.294. The first kappa shape index (κ1) is 15.4. The van der Waals surface area contributed by atoms with E-state index in [2.05, 4.69) is 12.2 Å². The van der Waals surface area contributed by atoms with Crippen molar-refractivity contribution in [1.29, 1.82) is 0 Å². The molecule has 0 aromatic heterocycles. The van der Waals surface area contributed by atoms with Crippen LogP contribution in [0, 0.1) is 11.6 Å². The molecule has 0 amide bonds. The van der Waals surface area contributed by atoms with E-state index in [4.69, 9.17) is 4.74 Å². The summed E-state index contributed by atoms with van der Waals surface area (Å²) in [7, 11) is 1.52. The fourth-order valence-corrected chi connectivity index (χ4v) is 2.24. The van der Waals surface area contributed by atoms with E-state index in [9.17, 15) is 8.78 Å². The molecule has 0 saturated heterocycles. The van der Waals surface area contributed by atoms with Crippen LogP contribution in [0.3, 0.4) is 0 Å². The van der Waals surface area contributed by atoms with E-state index in [0.29, 0.717) is 23.4 Å². The second kappa shape index (κ2) is 7.18.